The predicted molar refractivity (Wildman–Crippen MR) is 115 cm³/mol. The topological polar surface area (TPSA) is 58.6 Å². The molecule has 0 saturated heterocycles. The van der Waals surface area contributed by atoms with Crippen LogP contribution in [0, 0.1) is 5.92 Å². The summed E-state index contributed by atoms with van der Waals surface area (Å²) in [5, 5.41) is 2.72. The van der Waals surface area contributed by atoms with Crippen molar-refractivity contribution in [1.29, 1.82) is 0 Å². The molecule has 2 amide bonds. The van der Waals surface area contributed by atoms with E-state index in [0.717, 1.165) is 19.3 Å². The number of hydrogen-bond acceptors (Lipinski definition) is 3. The summed E-state index contributed by atoms with van der Waals surface area (Å²) in [6.45, 7) is 12.3. The first-order valence-corrected chi connectivity index (χ1v) is 10.7. The van der Waals surface area contributed by atoms with E-state index >= 15 is 0 Å². The summed E-state index contributed by atoms with van der Waals surface area (Å²) in [5.74, 6) is 0.434. The van der Waals surface area contributed by atoms with Crippen LogP contribution in [0.25, 0.3) is 5.57 Å². The van der Waals surface area contributed by atoms with Gasteiger partial charge in [-0.2, -0.15) is 0 Å². The number of rotatable bonds is 4. The number of nitrogens with zero attached hydrogens (tertiary/aromatic N) is 1. The maximum absolute atomic E-state index is 13.3. The summed E-state index contributed by atoms with van der Waals surface area (Å²) in [6.07, 6.45) is 2.16. The molecular formula is C24H34N2O3. The molecule has 2 atom stereocenters. The Morgan fingerprint density at radius 3 is 2.55 bits per heavy atom. The van der Waals surface area contributed by atoms with Gasteiger partial charge in [-0.15, -0.1) is 0 Å². The first-order chi connectivity index (χ1) is 13.6. The average Bonchev–Trinajstić information content (AvgIpc) is 2.98. The summed E-state index contributed by atoms with van der Waals surface area (Å²) in [7, 11) is 0. The highest BCUT2D eigenvalue weighted by molar-refractivity contribution is 5.88. The van der Waals surface area contributed by atoms with E-state index in [-0.39, 0.29) is 11.9 Å². The number of hydrogen-bond donors (Lipinski definition) is 1. The van der Waals surface area contributed by atoms with Crippen molar-refractivity contribution in [3.63, 3.8) is 0 Å². The van der Waals surface area contributed by atoms with Gasteiger partial charge in [0.05, 0.1) is 6.04 Å². The number of benzene rings is 1. The Morgan fingerprint density at radius 1 is 1.21 bits per heavy atom. The normalized spacial score (nSPS) is 19.7. The molecule has 1 N–H and O–H groups in total. The van der Waals surface area contributed by atoms with Gasteiger partial charge >= 0.3 is 6.09 Å². The second kappa shape index (κ2) is 8.21. The smallest absolute Gasteiger partial charge is 0.408 e. The fourth-order valence-electron chi connectivity index (χ4n) is 4.42. The SMILES string of the molecule is CC(C)CC1C2=C(CCN1C(=O)[C@H](C)NC(=O)OC(C)(C)C)c1ccccc1C2. The minimum Gasteiger partial charge on any atom is -0.444 e. The Bertz CT molecular complexity index is 820. The highest BCUT2D eigenvalue weighted by atomic mass is 16.6. The molecule has 1 aliphatic carbocycles. The molecule has 5 heteroatoms. The van der Waals surface area contributed by atoms with Gasteiger partial charge in [-0.3, -0.25) is 4.79 Å². The van der Waals surface area contributed by atoms with Gasteiger partial charge in [-0.1, -0.05) is 38.1 Å². The maximum Gasteiger partial charge on any atom is 0.408 e. The molecule has 1 aromatic carbocycles. The van der Waals surface area contributed by atoms with Crippen LogP contribution < -0.4 is 5.32 Å². The third kappa shape index (κ3) is 4.82. The van der Waals surface area contributed by atoms with E-state index < -0.39 is 17.7 Å². The number of carbonyl (C=O) groups is 2. The molecule has 3 rings (SSSR count). The largest absolute Gasteiger partial charge is 0.444 e. The van der Waals surface area contributed by atoms with Gasteiger partial charge in [0.15, 0.2) is 0 Å². The lowest BCUT2D eigenvalue weighted by Gasteiger charge is -2.40. The first-order valence-electron chi connectivity index (χ1n) is 10.7. The second-order valence-electron chi connectivity index (χ2n) is 9.63. The Morgan fingerprint density at radius 2 is 1.90 bits per heavy atom. The predicted octanol–water partition coefficient (Wildman–Crippen LogP) is 4.56. The van der Waals surface area contributed by atoms with E-state index in [9.17, 15) is 9.59 Å². The quantitative estimate of drug-likeness (QED) is 0.809. The van der Waals surface area contributed by atoms with E-state index in [4.69, 9.17) is 4.74 Å². The van der Waals surface area contributed by atoms with Crippen LogP contribution in [-0.2, 0) is 16.0 Å². The molecule has 2 aliphatic rings. The molecule has 1 aromatic rings. The highest BCUT2D eigenvalue weighted by Gasteiger charge is 2.38. The maximum atomic E-state index is 13.3. The molecule has 158 valence electrons. The van der Waals surface area contributed by atoms with Gasteiger partial charge in [0.25, 0.3) is 0 Å². The van der Waals surface area contributed by atoms with Crippen LogP contribution in [0.5, 0.6) is 0 Å². The third-order valence-corrected chi connectivity index (χ3v) is 5.57. The van der Waals surface area contributed by atoms with E-state index in [2.05, 4.69) is 43.4 Å². The van der Waals surface area contributed by atoms with Crippen molar-refractivity contribution in [2.75, 3.05) is 6.54 Å². The van der Waals surface area contributed by atoms with Crippen LogP contribution in [0.15, 0.2) is 29.8 Å². The summed E-state index contributed by atoms with van der Waals surface area (Å²) < 4.78 is 5.32. The Hall–Kier alpha value is -2.30. The van der Waals surface area contributed by atoms with Gasteiger partial charge in [0.2, 0.25) is 5.91 Å². The number of ether oxygens (including phenoxy) is 1. The molecule has 0 bridgehead atoms. The lowest BCUT2D eigenvalue weighted by Crippen LogP contribution is -2.53. The molecule has 0 fully saturated rings. The minimum atomic E-state index is -0.620. The van der Waals surface area contributed by atoms with Crippen molar-refractivity contribution in [3.05, 3.63) is 41.0 Å². The fourth-order valence-corrected chi connectivity index (χ4v) is 4.42. The van der Waals surface area contributed by atoms with Gasteiger partial charge in [-0.25, -0.2) is 4.79 Å². The second-order valence-corrected chi connectivity index (χ2v) is 9.63. The number of nitrogens with one attached hydrogen (secondary N) is 1. The number of fused-ring (bicyclic) bond motifs is 2. The van der Waals surface area contributed by atoms with Crippen LogP contribution in [0.3, 0.4) is 0 Å². The van der Waals surface area contributed by atoms with Crippen molar-refractivity contribution in [2.45, 2.75) is 78.5 Å². The van der Waals surface area contributed by atoms with E-state index in [0.29, 0.717) is 12.5 Å². The standard InChI is InChI=1S/C24H34N2O3/c1-15(2)13-21-20-14-17-9-7-8-10-18(17)19(20)11-12-26(21)22(27)16(3)25-23(28)29-24(4,5)6/h7-10,15-16,21H,11-14H2,1-6H3,(H,25,28)/t16-,21?/m0/s1. The Balaban J connectivity index is 1.79. The zero-order valence-electron chi connectivity index (χ0n) is 18.5. The van der Waals surface area contributed by atoms with Crippen molar-refractivity contribution in [1.82, 2.24) is 10.2 Å². The summed E-state index contributed by atoms with van der Waals surface area (Å²) in [5.41, 5.74) is 4.92. The van der Waals surface area contributed by atoms with E-state index in [1.165, 1.54) is 22.3 Å². The molecule has 1 heterocycles. The van der Waals surface area contributed by atoms with Gasteiger partial charge in [0.1, 0.15) is 11.6 Å². The van der Waals surface area contributed by atoms with Crippen molar-refractivity contribution in [3.8, 4) is 0 Å². The minimum absolute atomic E-state index is 0.0379. The lowest BCUT2D eigenvalue weighted by molar-refractivity contribution is -0.135. The molecule has 0 spiro atoms. The summed E-state index contributed by atoms with van der Waals surface area (Å²) in [6, 6.07) is 8.04. The van der Waals surface area contributed by atoms with Gasteiger partial charge < -0.3 is 15.0 Å². The van der Waals surface area contributed by atoms with E-state index in [1.54, 1.807) is 6.92 Å². The zero-order valence-corrected chi connectivity index (χ0v) is 18.5. The lowest BCUT2D eigenvalue weighted by atomic mass is 9.87. The zero-order chi connectivity index (χ0) is 21.3. The van der Waals surface area contributed by atoms with Gasteiger partial charge in [-0.05, 0) is 75.1 Å². The average molecular weight is 399 g/mol. The van der Waals surface area contributed by atoms with Crippen molar-refractivity contribution < 1.29 is 14.3 Å². The monoisotopic (exact) mass is 398 g/mol. The molecule has 0 aromatic heterocycles. The van der Waals surface area contributed by atoms with Crippen LogP contribution >= 0.6 is 0 Å². The number of alkyl carbamates (subject to hydrolysis) is 1. The van der Waals surface area contributed by atoms with Crippen LogP contribution in [0.4, 0.5) is 4.79 Å². The van der Waals surface area contributed by atoms with Crippen LogP contribution in [0.2, 0.25) is 0 Å². The van der Waals surface area contributed by atoms with Gasteiger partial charge in [0, 0.05) is 6.54 Å². The van der Waals surface area contributed by atoms with Crippen molar-refractivity contribution in [2.24, 2.45) is 5.92 Å². The van der Waals surface area contributed by atoms with Crippen molar-refractivity contribution >= 4 is 17.6 Å². The molecule has 0 saturated carbocycles. The van der Waals surface area contributed by atoms with Crippen LogP contribution in [-0.4, -0.2) is 41.1 Å². The number of amides is 2. The molecule has 1 aliphatic heterocycles. The third-order valence-electron chi connectivity index (χ3n) is 5.57. The fraction of sp³-hybridized carbons (Fsp3) is 0.583. The first kappa shape index (κ1) is 21.4. The molecular weight excluding hydrogens is 364 g/mol. The van der Waals surface area contributed by atoms with Crippen LogP contribution in [0.1, 0.15) is 65.5 Å². The molecule has 0 radical (unpaired) electrons. The van der Waals surface area contributed by atoms with E-state index in [1.807, 2.05) is 25.7 Å². The molecule has 29 heavy (non-hydrogen) atoms. The Kier molecular flexibility index (Phi) is 6.06. The number of carbonyl (C=O) groups excluding carboxylic acids is 2. The summed E-state index contributed by atoms with van der Waals surface area (Å²) in [4.78, 5) is 27.4. The highest BCUT2D eigenvalue weighted by Crippen LogP contribution is 2.42. The molecule has 5 nitrogen and oxygen atoms in total. The molecule has 1 unspecified atom stereocenters. The Labute approximate surface area is 174 Å². The summed E-state index contributed by atoms with van der Waals surface area (Å²) >= 11 is 0.